The topological polar surface area (TPSA) is 79.5 Å². The summed E-state index contributed by atoms with van der Waals surface area (Å²) in [7, 11) is 0. The Kier molecular flexibility index (Phi) is 4.16. The molecule has 0 radical (unpaired) electrons. The van der Waals surface area contributed by atoms with Crippen molar-refractivity contribution in [2.45, 2.75) is 20.8 Å². The fourth-order valence-corrected chi connectivity index (χ4v) is 2.48. The summed E-state index contributed by atoms with van der Waals surface area (Å²) in [6.45, 7) is 8.45. The van der Waals surface area contributed by atoms with Crippen LogP contribution in [-0.4, -0.2) is 47.9 Å². The predicted molar refractivity (Wildman–Crippen MR) is 81.0 cm³/mol. The molecule has 114 valence electrons. The Bertz CT molecular complexity index is 543. The first-order valence-electron chi connectivity index (χ1n) is 7.09. The summed E-state index contributed by atoms with van der Waals surface area (Å²) in [6.07, 6.45) is 3.14. The number of piperazine rings is 1. The van der Waals surface area contributed by atoms with Crippen LogP contribution in [0.2, 0.25) is 0 Å². The van der Waals surface area contributed by atoms with Crippen LogP contribution in [0.1, 0.15) is 31.1 Å². The molecule has 0 aliphatic carbocycles. The van der Waals surface area contributed by atoms with Gasteiger partial charge in [-0.05, 0) is 6.07 Å². The van der Waals surface area contributed by atoms with Crippen molar-refractivity contribution in [2.24, 2.45) is 11.1 Å². The van der Waals surface area contributed by atoms with Crippen LogP contribution >= 0.6 is 0 Å². The van der Waals surface area contributed by atoms with Crippen LogP contribution in [0.4, 0.5) is 5.69 Å². The molecule has 0 spiro atoms. The highest BCUT2D eigenvalue weighted by molar-refractivity contribution is 5.98. The summed E-state index contributed by atoms with van der Waals surface area (Å²) >= 11 is 0. The van der Waals surface area contributed by atoms with E-state index in [-0.39, 0.29) is 11.3 Å². The number of hydrogen-bond donors (Lipinski definition) is 1. The van der Waals surface area contributed by atoms with Gasteiger partial charge in [-0.15, -0.1) is 0 Å². The third-order valence-corrected chi connectivity index (χ3v) is 3.61. The van der Waals surface area contributed by atoms with Gasteiger partial charge in [-0.25, -0.2) is 0 Å². The van der Waals surface area contributed by atoms with E-state index < -0.39 is 5.91 Å². The normalized spacial score (nSPS) is 16.0. The highest BCUT2D eigenvalue weighted by Crippen LogP contribution is 2.23. The summed E-state index contributed by atoms with van der Waals surface area (Å²) in [5.74, 6) is -0.321. The van der Waals surface area contributed by atoms with Crippen molar-refractivity contribution in [3.05, 3.63) is 24.0 Å². The Balaban J connectivity index is 2.09. The van der Waals surface area contributed by atoms with E-state index in [2.05, 4.69) is 9.88 Å². The van der Waals surface area contributed by atoms with Crippen molar-refractivity contribution in [3.8, 4) is 0 Å². The van der Waals surface area contributed by atoms with Crippen LogP contribution in [0.15, 0.2) is 18.5 Å². The molecule has 6 heteroatoms. The number of carbonyl (C=O) groups is 2. The van der Waals surface area contributed by atoms with Gasteiger partial charge >= 0.3 is 0 Å². The van der Waals surface area contributed by atoms with E-state index in [0.717, 1.165) is 5.69 Å². The molecule has 0 saturated carbocycles. The number of rotatable bonds is 2. The molecule has 1 aromatic rings. The van der Waals surface area contributed by atoms with Crippen LogP contribution in [-0.2, 0) is 4.79 Å². The number of carbonyl (C=O) groups excluding carboxylic acids is 2. The van der Waals surface area contributed by atoms with E-state index in [4.69, 9.17) is 5.73 Å². The van der Waals surface area contributed by atoms with E-state index in [0.29, 0.717) is 31.7 Å². The second-order valence-corrected chi connectivity index (χ2v) is 6.29. The highest BCUT2D eigenvalue weighted by atomic mass is 16.2. The number of amides is 2. The number of hydrogen-bond acceptors (Lipinski definition) is 4. The minimum atomic E-state index is -0.480. The van der Waals surface area contributed by atoms with Crippen LogP contribution in [0.5, 0.6) is 0 Å². The minimum Gasteiger partial charge on any atom is -0.367 e. The number of primary amides is 1. The monoisotopic (exact) mass is 290 g/mol. The zero-order valence-corrected chi connectivity index (χ0v) is 12.8. The number of aromatic nitrogens is 1. The largest absolute Gasteiger partial charge is 0.367 e. The maximum atomic E-state index is 12.3. The molecule has 0 aromatic carbocycles. The van der Waals surface area contributed by atoms with E-state index in [1.165, 1.54) is 6.20 Å². The lowest BCUT2D eigenvalue weighted by molar-refractivity contribution is -0.139. The molecule has 0 bridgehead atoms. The van der Waals surface area contributed by atoms with Crippen molar-refractivity contribution in [1.29, 1.82) is 0 Å². The molecular formula is C15H22N4O2. The van der Waals surface area contributed by atoms with Crippen LogP contribution in [0, 0.1) is 5.41 Å². The SMILES string of the molecule is CC(C)(C)C(=O)N1CCN(c2ccncc2C(N)=O)CC1. The molecule has 0 atom stereocenters. The van der Waals surface area contributed by atoms with E-state index in [1.807, 2.05) is 25.7 Å². The number of anilines is 1. The molecule has 0 unspecified atom stereocenters. The van der Waals surface area contributed by atoms with E-state index >= 15 is 0 Å². The highest BCUT2D eigenvalue weighted by Gasteiger charge is 2.30. The first-order valence-corrected chi connectivity index (χ1v) is 7.09. The van der Waals surface area contributed by atoms with Crippen LogP contribution in [0.3, 0.4) is 0 Å². The molecule has 1 aliphatic rings. The summed E-state index contributed by atoms with van der Waals surface area (Å²) in [6, 6.07) is 1.79. The third-order valence-electron chi connectivity index (χ3n) is 3.61. The van der Waals surface area contributed by atoms with Gasteiger partial charge in [-0.2, -0.15) is 0 Å². The Morgan fingerprint density at radius 3 is 2.33 bits per heavy atom. The Hall–Kier alpha value is -2.11. The van der Waals surface area contributed by atoms with Gasteiger partial charge < -0.3 is 15.5 Å². The molecule has 1 fully saturated rings. The fraction of sp³-hybridized carbons (Fsp3) is 0.533. The first-order chi connectivity index (χ1) is 9.80. The van der Waals surface area contributed by atoms with Gasteiger partial charge in [-0.1, -0.05) is 20.8 Å². The molecule has 1 aliphatic heterocycles. The average molecular weight is 290 g/mol. The summed E-state index contributed by atoms with van der Waals surface area (Å²) in [5.41, 5.74) is 6.24. The number of nitrogens with two attached hydrogens (primary N) is 1. The second kappa shape index (κ2) is 5.71. The molecule has 1 saturated heterocycles. The quantitative estimate of drug-likeness (QED) is 0.876. The van der Waals surface area contributed by atoms with Gasteiger partial charge in [0.2, 0.25) is 5.91 Å². The Morgan fingerprint density at radius 1 is 1.19 bits per heavy atom. The van der Waals surface area contributed by atoms with Gasteiger partial charge in [0.05, 0.1) is 11.3 Å². The maximum Gasteiger partial charge on any atom is 0.252 e. The van der Waals surface area contributed by atoms with Gasteiger partial charge in [0, 0.05) is 44.0 Å². The van der Waals surface area contributed by atoms with Crippen molar-refractivity contribution in [3.63, 3.8) is 0 Å². The summed E-state index contributed by atoms with van der Waals surface area (Å²) in [5, 5.41) is 0. The molecule has 2 amide bonds. The molecule has 2 heterocycles. The standard InChI is InChI=1S/C15H22N4O2/c1-15(2,3)14(21)19-8-6-18(7-9-19)12-4-5-17-10-11(12)13(16)20/h4-5,10H,6-9H2,1-3H3,(H2,16,20). The smallest absolute Gasteiger partial charge is 0.252 e. The molecular weight excluding hydrogens is 268 g/mol. The maximum absolute atomic E-state index is 12.3. The van der Waals surface area contributed by atoms with Gasteiger partial charge in [0.1, 0.15) is 0 Å². The lowest BCUT2D eigenvalue weighted by atomic mass is 9.94. The molecule has 1 aromatic heterocycles. The van der Waals surface area contributed by atoms with E-state index in [9.17, 15) is 9.59 Å². The number of nitrogens with zero attached hydrogens (tertiary/aromatic N) is 3. The van der Waals surface area contributed by atoms with Crippen LogP contribution < -0.4 is 10.6 Å². The molecule has 6 nitrogen and oxygen atoms in total. The van der Waals surface area contributed by atoms with Crippen molar-refractivity contribution in [2.75, 3.05) is 31.1 Å². The minimum absolute atomic E-state index is 0.159. The number of pyridine rings is 1. The zero-order chi connectivity index (χ0) is 15.6. The summed E-state index contributed by atoms with van der Waals surface area (Å²) in [4.78, 5) is 31.6. The average Bonchev–Trinajstić information content (AvgIpc) is 2.45. The lowest BCUT2D eigenvalue weighted by Crippen LogP contribution is -2.52. The summed E-state index contributed by atoms with van der Waals surface area (Å²) < 4.78 is 0. The first kappa shape index (κ1) is 15.3. The third kappa shape index (κ3) is 3.32. The van der Waals surface area contributed by atoms with Crippen molar-refractivity contribution >= 4 is 17.5 Å². The Labute approximate surface area is 124 Å². The van der Waals surface area contributed by atoms with Gasteiger partial charge in [0.25, 0.3) is 5.91 Å². The van der Waals surface area contributed by atoms with Gasteiger partial charge in [-0.3, -0.25) is 14.6 Å². The van der Waals surface area contributed by atoms with E-state index in [1.54, 1.807) is 12.3 Å². The second-order valence-electron chi connectivity index (χ2n) is 6.29. The van der Waals surface area contributed by atoms with Crippen molar-refractivity contribution in [1.82, 2.24) is 9.88 Å². The lowest BCUT2D eigenvalue weighted by Gasteiger charge is -2.39. The van der Waals surface area contributed by atoms with Crippen molar-refractivity contribution < 1.29 is 9.59 Å². The predicted octanol–water partition coefficient (Wildman–Crippen LogP) is 0.875. The molecule has 21 heavy (non-hydrogen) atoms. The molecule has 2 N–H and O–H groups in total. The Morgan fingerprint density at radius 2 is 1.81 bits per heavy atom. The van der Waals surface area contributed by atoms with Gasteiger partial charge in [0.15, 0.2) is 0 Å². The van der Waals surface area contributed by atoms with Crippen LogP contribution in [0.25, 0.3) is 0 Å². The molecule has 2 rings (SSSR count). The fourth-order valence-electron chi connectivity index (χ4n) is 2.48. The zero-order valence-electron chi connectivity index (χ0n) is 12.8.